The molecule has 0 radical (unpaired) electrons. The summed E-state index contributed by atoms with van der Waals surface area (Å²) in [4.78, 5) is 69.9. The number of hydrogen-bond donors (Lipinski definition) is 4. The van der Waals surface area contributed by atoms with Gasteiger partial charge in [-0.15, -0.1) is 6.58 Å². The number of urea groups is 1. The van der Waals surface area contributed by atoms with Crippen molar-refractivity contribution >= 4 is 39.4 Å². The first-order chi connectivity index (χ1) is 23.6. The number of piperidine rings is 1. The first kappa shape index (κ1) is 40.8. The molecule has 13 heteroatoms. The fourth-order valence-corrected chi connectivity index (χ4v) is 10.5. The summed E-state index contributed by atoms with van der Waals surface area (Å²) in [5.41, 5.74) is -1.93. The minimum atomic E-state index is -3.59. The summed E-state index contributed by atoms with van der Waals surface area (Å²) in [6, 6.07) is -3.54. The number of carbonyl (C=O) groups is 5. The van der Waals surface area contributed by atoms with E-state index < -0.39 is 73.2 Å². The van der Waals surface area contributed by atoms with Gasteiger partial charge in [-0.3, -0.25) is 19.2 Å². The molecule has 1 heterocycles. The van der Waals surface area contributed by atoms with Crippen molar-refractivity contribution in [2.75, 3.05) is 18.8 Å². The lowest BCUT2D eigenvalue weighted by molar-refractivity contribution is -0.145. The van der Waals surface area contributed by atoms with E-state index >= 15 is 0 Å². The number of carbonyl (C=O) groups excluding carboxylic acids is 5. The number of fused-ring (bicyclic) bond motifs is 1. The van der Waals surface area contributed by atoms with Gasteiger partial charge < -0.3 is 26.2 Å². The second-order valence-corrected chi connectivity index (χ2v) is 20.6. The first-order valence-electron chi connectivity index (χ1n) is 19.0. The van der Waals surface area contributed by atoms with Crippen molar-refractivity contribution in [2.45, 2.75) is 148 Å². The maximum Gasteiger partial charge on any atom is 0.315 e. The summed E-state index contributed by atoms with van der Waals surface area (Å²) in [6.45, 7) is 19.1. The maximum atomic E-state index is 14.5. The highest BCUT2D eigenvalue weighted by Crippen LogP contribution is 2.65. The Morgan fingerprint density at radius 3 is 2.16 bits per heavy atom. The zero-order chi connectivity index (χ0) is 38.2. The molecule has 4 rings (SSSR count). The zero-order valence-corrected chi connectivity index (χ0v) is 33.0. The molecule has 0 spiro atoms. The van der Waals surface area contributed by atoms with Gasteiger partial charge in [0, 0.05) is 13.1 Å². The van der Waals surface area contributed by atoms with Crippen molar-refractivity contribution in [1.82, 2.24) is 26.2 Å². The van der Waals surface area contributed by atoms with E-state index in [0.29, 0.717) is 32.2 Å². The highest BCUT2D eigenvalue weighted by atomic mass is 32.2. The van der Waals surface area contributed by atoms with Crippen LogP contribution in [0.2, 0.25) is 0 Å². The number of nitrogens with zero attached hydrogens (tertiary/aromatic N) is 1. The van der Waals surface area contributed by atoms with Crippen molar-refractivity contribution in [3.8, 4) is 0 Å². The van der Waals surface area contributed by atoms with Gasteiger partial charge in [0.05, 0.1) is 22.1 Å². The summed E-state index contributed by atoms with van der Waals surface area (Å²) in [5, 5.41) is 11.3. The number of amides is 5. The summed E-state index contributed by atoms with van der Waals surface area (Å²) in [6.07, 6.45) is 8.48. The molecule has 0 bridgehead atoms. The van der Waals surface area contributed by atoms with E-state index in [1.165, 1.54) is 11.0 Å². The Bertz CT molecular complexity index is 1470. The number of rotatable bonds is 16. The van der Waals surface area contributed by atoms with Gasteiger partial charge in [-0.2, -0.15) is 0 Å². The topological polar surface area (TPSA) is 171 Å². The molecule has 1 unspecified atom stereocenters. The van der Waals surface area contributed by atoms with Crippen LogP contribution >= 0.6 is 0 Å². The molecule has 0 aromatic heterocycles. The van der Waals surface area contributed by atoms with Crippen LogP contribution in [0, 0.1) is 28.6 Å². The molecule has 0 aromatic carbocycles. The van der Waals surface area contributed by atoms with E-state index in [2.05, 4.69) is 41.7 Å². The predicted octanol–water partition coefficient (Wildman–Crippen LogP) is 4.04. The Balaban J connectivity index is 1.55. The lowest BCUT2D eigenvalue weighted by Gasteiger charge is -2.41. The molecule has 4 fully saturated rings. The maximum absolute atomic E-state index is 14.5. The Morgan fingerprint density at radius 2 is 1.61 bits per heavy atom. The minimum Gasteiger partial charge on any atom is -0.346 e. The van der Waals surface area contributed by atoms with Crippen LogP contribution in [-0.4, -0.2) is 90.1 Å². The molecule has 288 valence electrons. The molecular formula is C38H63N5O7S. The van der Waals surface area contributed by atoms with Gasteiger partial charge >= 0.3 is 6.03 Å². The van der Waals surface area contributed by atoms with Crippen LogP contribution in [0.4, 0.5) is 4.79 Å². The minimum absolute atomic E-state index is 0.0577. The van der Waals surface area contributed by atoms with Gasteiger partial charge in [0.1, 0.15) is 12.1 Å². The smallest absolute Gasteiger partial charge is 0.315 e. The van der Waals surface area contributed by atoms with Crippen LogP contribution in [-0.2, 0) is 29.0 Å². The zero-order valence-electron chi connectivity index (χ0n) is 32.2. The molecule has 4 aliphatic rings. The van der Waals surface area contributed by atoms with Crippen molar-refractivity contribution in [3.05, 3.63) is 12.7 Å². The summed E-state index contributed by atoms with van der Waals surface area (Å²) >= 11 is 0. The Kier molecular flexibility index (Phi) is 12.1. The first-order valence-corrected chi connectivity index (χ1v) is 20.6. The van der Waals surface area contributed by atoms with Gasteiger partial charge in [0.25, 0.3) is 5.91 Å². The molecule has 3 aliphatic carbocycles. The number of hydrogen-bond acceptors (Lipinski definition) is 7. The van der Waals surface area contributed by atoms with Crippen LogP contribution in [0.3, 0.4) is 0 Å². The van der Waals surface area contributed by atoms with Crippen LogP contribution in [0.1, 0.15) is 120 Å². The molecule has 1 saturated heterocycles. The van der Waals surface area contributed by atoms with Gasteiger partial charge in [-0.1, -0.05) is 86.1 Å². The van der Waals surface area contributed by atoms with E-state index in [1.807, 2.05) is 27.7 Å². The number of sulfone groups is 1. The number of ketones is 1. The average molecular weight is 734 g/mol. The van der Waals surface area contributed by atoms with Gasteiger partial charge in [-0.05, 0) is 68.1 Å². The Hall–Kier alpha value is -2.96. The fourth-order valence-electron chi connectivity index (χ4n) is 8.47. The highest BCUT2D eigenvalue weighted by molar-refractivity contribution is 7.92. The molecule has 12 nitrogen and oxygen atoms in total. The largest absolute Gasteiger partial charge is 0.346 e. The Labute approximate surface area is 305 Å². The number of likely N-dealkylation sites (tertiary alicyclic amines) is 1. The fraction of sp³-hybridized carbons (Fsp3) is 0.816. The number of Topliss-reactive ketones (excluding diaryl/α,β-unsaturated/α-hetero) is 1. The SMILES string of the molecule is C=CCNC(=O)C(=O)C(CC1CC1)NC(=O)[C@@H]1[C@@H]2[C@H](CN1C(=O)[C@@H](NC(=O)NC1(CS(=O)(=O)C(C)(C)CCC)CCCCC1)C(C)(C)C)C2(C)C. The highest BCUT2D eigenvalue weighted by Gasteiger charge is 2.70. The summed E-state index contributed by atoms with van der Waals surface area (Å²) in [7, 11) is -3.59. The van der Waals surface area contributed by atoms with Crippen LogP contribution in [0.15, 0.2) is 12.7 Å². The van der Waals surface area contributed by atoms with Crippen LogP contribution in [0.5, 0.6) is 0 Å². The van der Waals surface area contributed by atoms with Crippen molar-refractivity contribution in [2.24, 2.45) is 28.6 Å². The van der Waals surface area contributed by atoms with Crippen LogP contribution < -0.4 is 21.3 Å². The van der Waals surface area contributed by atoms with Crippen molar-refractivity contribution in [1.29, 1.82) is 0 Å². The molecule has 3 saturated carbocycles. The van der Waals surface area contributed by atoms with Crippen molar-refractivity contribution in [3.63, 3.8) is 0 Å². The second kappa shape index (κ2) is 15.2. The lowest BCUT2D eigenvalue weighted by Crippen LogP contribution is -2.64. The average Bonchev–Trinajstić information content (AvgIpc) is 3.88. The normalized spacial score (nSPS) is 25.1. The second-order valence-electron chi connectivity index (χ2n) is 18.0. The molecule has 1 aliphatic heterocycles. The Morgan fingerprint density at radius 1 is 0.980 bits per heavy atom. The van der Waals surface area contributed by atoms with Crippen LogP contribution in [0.25, 0.3) is 0 Å². The van der Waals surface area contributed by atoms with E-state index in [0.717, 1.165) is 38.5 Å². The summed E-state index contributed by atoms with van der Waals surface area (Å²) < 4.78 is 26.5. The van der Waals surface area contributed by atoms with E-state index in [1.54, 1.807) is 13.8 Å². The predicted molar refractivity (Wildman–Crippen MR) is 197 cm³/mol. The quantitative estimate of drug-likeness (QED) is 0.137. The van der Waals surface area contributed by atoms with Gasteiger partial charge in [-0.25, -0.2) is 13.2 Å². The third kappa shape index (κ3) is 9.16. The molecule has 5 amide bonds. The number of nitrogens with one attached hydrogen (secondary N) is 4. The third-order valence-electron chi connectivity index (χ3n) is 12.0. The van der Waals surface area contributed by atoms with Gasteiger partial charge in [0.2, 0.25) is 17.6 Å². The van der Waals surface area contributed by atoms with E-state index in [4.69, 9.17) is 0 Å². The molecule has 0 aromatic rings. The molecule has 5 atom stereocenters. The molecule has 4 N–H and O–H groups in total. The lowest BCUT2D eigenvalue weighted by atomic mass is 9.83. The van der Waals surface area contributed by atoms with E-state index in [-0.39, 0.29) is 35.5 Å². The standard InChI is InChI=1S/C38H63N5O7S/c1-10-17-36(6,7)51(49,50)23-38(18-13-12-14-19-38)42-34(48)41-30(35(3,4)5)33(47)43-22-25-27(37(25,8)9)28(43)31(45)40-26(21-24-15-16-24)29(44)32(46)39-20-11-2/h11,24-28,30H,2,10,12-23H2,1,3-9H3,(H,39,46)(H,40,45)(H2,41,42,48)/t25-,26?,27-,28-,30+/m0/s1. The summed E-state index contributed by atoms with van der Waals surface area (Å²) in [5.74, 6) is -2.42. The monoisotopic (exact) mass is 733 g/mol. The third-order valence-corrected chi connectivity index (χ3v) is 14.8. The molecular weight excluding hydrogens is 671 g/mol. The van der Waals surface area contributed by atoms with Crippen molar-refractivity contribution < 1.29 is 32.4 Å². The molecule has 51 heavy (non-hydrogen) atoms. The van der Waals surface area contributed by atoms with Gasteiger partial charge in [0.15, 0.2) is 9.84 Å². The van der Waals surface area contributed by atoms with E-state index in [9.17, 15) is 32.4 Å².